The van der Waals surface area contributed by atoms with Gasteiger partial charge in [0.25, 0.3) is 0 Å². The summed E-state index contributed by atoms with van der Waals surface area (Å²) in [5.41, 5.74) is 6.42. The van der Waals surface area contributed by atoms with E-state index >= 15 is 0 Å². The minimum absolute atomic E-state index is 0.377. The quantitative estimate of drug-likeness (QED) is 0.905. The monoisotopic (exact) mass is 311 g/mol. The van der Waals surface area contributed by atoms with Crippen LogP contribution in [0.3, 0.4) is 0 Å². The molecule has 2 nitrogen and oxygen atoms in total. The van der Waals surface area contributed by atoms with Gasteiger partial charge in [-0.2, -0.15) is 13.2 Å². The number of benzene rings is 1. The first-order valence-corrected chi connectivity index (χ1v) is 5.90. The first kappa shape index (κ1) is 14.3. The van der Waals surface area contributed by atoms with E-state index in [4.69, 9.17) is 10.5 Å². The molecule has 0 fully saturated rings. The average molecular weight is 312 g/mol. The summed E-state index contributed by atoms with van der Waals surface area (Å²) in [6, 6.07) is 5.24. The predicted molar refractivity (Wildman–Crippen MR) is 63.1 cm³/mol. The van der Waals surface area contributed by atoms with Crippen LogP contribution in [0, 0.1) is 0 Å². The highest BCUT2D eigenvalue weighted by Gasteiger charge is 2.26. The Bertz CT molecular complexity index is 368. The summed E-state index contributed by atoms with van der Waals surface area (Å²) in [5, 5.41) is 0. The molecule has 0 aromatic heterocycles. The first-order valence-electron chi connectivity index (χ1n) is 5.10. The molecule has 2 N–H and O–H groups in total. The van der Waals surface area contributed by atoms with Gasteiger partial charge >= 0.3 is 6.18 Å². The second-order valence-electron chi connectivity index (χ2n) is 3.52. The molecule has 0 unspecified atom stereocenters. The van der Waals surface area contributed by atoms with Crippen molar-refractivity contribution in [3.63, 3.8) is 0 Å². The lowest BCUT2D eigenvalue weighted by atomic mass is 10.1. The van der Waals surface area contributed by atoms with Crippen LogP contribution < -0.4 is 10.5 Å². The summed E-state index contributed by atoms with van der Waals surface area (Å²) in [7, 11) is 0. The van der Waals surface area contributed by atoms with E-state index in [0.29, 0.717) is 16.8 Å². The third-order valence-electron chi connectivity index (χ3n) is 2.07. The Morgan fingerprint density at radius 3 is 2.53 bits per heavy atom. The molecule has 0 aliphatic carbocycles. The van der Waals surface area contributed by atoms with Crippen molar-refractivity contribution in [3.05, 3.63) is 28.2 Å². The lowest BCUT2D eigenvalue weighted by Gasteiger charge is -2.11. The molecular weight excluding hydrogens is 299 g/mol. The third kappa shape index (κ3) is 5.41. The Morgan fingerprint density at radius 1 is 1.29 bits per heavy atom. The maximum absolute atomic E-state index is 11.9. The number of nitrogens with two attached hydrogens (primary N) is 1. The number of halogens is 4. The molecule has 0 spiro atoms. The molecule has 96 valence electrons. The van der Waals surface area contributed by atoms with Crippen molar-refractivity contribution in [2.24, 2.45) is 5.73 Å². The summed E-state index contributed by atoms with van der Waals surface area (Å²) >= 11 is 3.25. The largest absolute Gasteiger partial charge is 0.492 e. The van der Waals surface area contributed by atoms with E-state index < -0.39 is 12.6 Å². The third-order valence-corrected chi connectivity index (χ3v) is 2.69. The number of ether oxygens (including phenoxy) is 1. The Morgan fingerprint density at radius 2 is 2.00 bits per heavy atom. The normalized spacial score (nSPS) is 11.6. The molecular formula is C11H13BrF3NO. The standard InChI is InChI=1S/C11H13BrF3NO/c12-9-7-8(3-5-16)1-2-10(9)17-6-4-11(13,14)15/h1-2,7H,3-6,16H2. The smallest absolute Gasteiger partial charge is 0.392 e. The van der Waals surface area contributed by atoms with Gasteiger partial charge in [-0.15, -0.1) is 0 Å². The zero-order valence-corrected chi connectivity index (χ0v) is 10.6. The summed E-state index contributed by atoms with van der Waals surface area (Å²) in [6.07, 6.45) is -4.42. The van der Waals surface area contributed by atoms with Crippen LogP contribution in [0.2, 0.25) is 0 Å². The fourth-order valence-electron chi connectivity index (χ4n) is 1.26. The molecule has 1 aromatic rings. The fraction of sp³-hybridized carbons (Fsp3) is 0.455. The molecule has 0 aliphatic rings. The average Bonchev–Trinajstić information content (AvgIpc) is 2.20. The van der Waals surface area contributed by atoms with Crippen LogP contribution in [0.4, 0.5) is 13.2 Å². The van der Waals surface area contributed by atoms with Crippen LogP contribution in [0.5, 0.6) is 5.75 Å². The highest BCUT2D eigenvalue weighted by molar-refractivity contribution is 9.10. The van der Waals surface area contributed by atoms with E-state index in [9.17, 15) is 13.2 Å². The molecule has 17 heavy (non-hydrogen) atoms. The molecule has 0 atom stereocenters. The van der Waals surface area contributed by atoms with Crippen LogP contribution in [-0.4, -0.2) is 19.3 Å². The Labute approximate surface area is 106 Å². The second kappa shape index (κ2) is 6.26. The van der Waals surface area contributed by atoms with Crippen molar-refractivity contribution in [3.8, 4) is 5.75 Å². The van der Waals surface area contributed by atoms with Crippen LogP contribution in [0.1, 0.15) is 12.0 Å². The highest BCUT2D eigenvalue weighted by atomic mass is 79.9. The molecule has 0 radical (unpaired) electrons. The van der Waals surface area contributed by atoms with Crippen molar-refractivity contribution >= 4 is 15.9 Å². The van der Waals surface area contributed by atoms with Gasteiger partial charge in [0.15, 0.2) is 0 Å². The number of hydrogen-bond donors (Lipinski definition) is 1. The lowest BCUT2D eigenvalue weighted by molar-refractivity contribution is -0.139. The van der Waals surface area contributed by atoms with Gasteiger partial charge in [-0.3, -0.25) is 0 Å². The van der Waals surface area contributed by atoms with E-state index in [1.807, 2.05) is 0 Å². The fourth-order valence-corrected chi connectivity index (χ4v) is 1.80. The SMILES string of the molecule is NCCc1ccc(OCCC(F)(F)F)c(Br)c1. The molecule has 1 rings (SSSR count). The van der Waals surface area contributed by atoms with Crippen LogP contribution in [-0.2, 0) is 6.42 Å². The number of rotatable bonds is 5. The molecule has 0 bridgehead atoms. The Hall–Kier alpha value is -0.750. The molecule has 0 heterocycles. The van der Waals surface area contributed by atoms with Crippen LogP contribution in [0.25, 0.3) is 0 Å². The minimum Gasteiger partial charge on any atom is -0.492 e. The predicted octanol–water partition coefficient (Wildman–Crippen LogP) is 3.28. The van der Waals surface area contributed by atoms with Crippen molar-refractivity contribution < 1.29 is 17.9 Å². The van der Waals surface area contributed by atoms with E-state index in [-0.39, 0.29) is 6.61 Å². The van der Waals surface area contributed by atoms with Crippen LogP contribution >= 0.6 is 15.9 Å². The zero-order chi connectivity index (χ0) is 12.9. The van der Waals surface area contributed by atoms with Crippen LogP contribution in [0.15, 0.2) is 22.7 Å². The zero-order valence-electron chi connectivity index (χ0n) is 9.06. The first-order chi connectivity index (χ1) is 7.92. The van der Waals surface area contributed by atoms with E-state index in [1.165, 1.54) is 0 Å². The van der Waals surface area contributed by atoms with Crippen molar-refractivity contribution in [1.29, 1.82) is 0 Å². The van der Waals surface area contributed by atoms with E-state index in [1.54, 1.807) is 18.2 Å². The van der Waals surface area contributed by atoms with Gasteiger partial charge in [0.05, 0.1) is 17.5 Å². The van der Waals surface area contributed by atoms with Crippen molar-refractivity contribution in [2.75, 3.05) is 13.2 Å². The molecule has 0 aliphatic heterocycles. The van der Waals surface area contributed by atoms with E-state index in [0.717, 1.165) is 12.0 Å². The van der Waals surface area contributed by atoms with E-state index in [2.05, 4.69) is 15.9 Å². The summed E-state index contributed by atoms with van der Waals surface area (Å²) in [5.74, 6) is 0.412. The number of alkyl halides is 3. The maximum Gasteiger partial charge on any atom is 0.392 e. The molecule has 0 saturated heterocycles. The maximum atomic E-state index is 11.9. The van der Waals surface area contributed by atoms with Gasteiger partial charge in [-0.1, -0.05) is 6.07 Å². The Kier molecular flexibility index (Phi) is 5.27. The Balaban J connectivity index is 2.54. The molecule has 1 aromatic carbocycles. The van der Waals surface area contributed by atoms with Crippen molar-refractivity contribution in [2.45, 2.75) is 19.0 Å². The van der Waals surface area contributed by atoms with Crippen molar-refractivity contribution in [1.82, 2.24) is 0 Å². The van der Waals surface area contributed by atoms with Gasteiger partial charge in [-0.05, 0) is 46.6 Å². The van der Waals surface area contributed by atoms with Gasteiger partial charge in [0.1, 0.15) is 5.75 Å². The van der Waals surface area contributed by atoms with Gasteiger partial charge in [0, 0.05) is 0 Å². The minimum atomic E-state index is -4.19. The lowest BCUT2D eigenvalue weighted by Crippen LogP contribution is -2.13. The molecule has 0 saturated carbocycles. The summed E-state index contributed by atoms with van der Waals surface area (Å²) in [6.45, 7) is 0.152. The highest BCUT2D eigenvalue weighted by Crippen LogP contribution is 2.27. The second-order valence-corrected chi connectivity index (χ2v) is 4.37. The molecule has 0 amide bonds. The molecule has 6 heteroatoms. The van der Waals surface area contributed by atoms with Gasteiger partial charge < -0.3 is 10.5 Å². The van der Waals surface area contributed by atoms with Gasteiger partial charge in [0.2, 0.25) is 0 Å². The topological polar surface area (TPSA) is 35.2 Å². The number of hydrogen-bond acceptors (Lipinski definition) is 2. The summed E-state index contributed by atoms with van der Waals surface area (Å²) < 4.78 is 41.4. The van der Waals surface area contributed by atoms with Gasteiger partial charge in [-0.25, -0.2) is 0 Å². The summed E-state index contributed by atoms with van der Waals surface area (Å²) in [4.78, 5) is 0.